The minimum atomic E-state index is 0. The van der Waals surface area contributed by atoms with Crippen LogP contribution in [-0.2, 0) is 0 Å². The van der Waals surface area contributed by atoms with Gasteiger partial charge in [-0.15, -0.1) is 6.20 Å². The van der Waals surface area contributed by atoms with Crippen LogP contribution in [0.4, 0.5) is 0 Å². The molecule has 0 radical (unpaired) electrons. The first-order valence-corrected chi connectivity index (χ1v) is 4.00. The van der Waals surface area contributed by atoms with Crippen LogP contribution in [0, 0.1) is 6.20 Å². The van der Waals surface area contributed by atoms with Crippen molar-refractivity contribution in [2.75, 3.05) is 0 Å². The zero-order valence-corrected chi connectivity index (χ0v) is 13.1. The van der Waals surface area contributed by atoms with E-state index < -0.39 is 0 Å². The summed E-state index contributed by atoms with van der Waals surface area (Å²) < 4.78 is 1.61. The van der Waals surface area contributed by atoms with E-state index in [0.717, 1.165) is 5.52 Å². The Morgan fingerprint density at radius 3 is 2.92 bits per heavy atom. The molecular formula is C9H10N3Rb. The fourth-order valence-electron chi connectivity index (χ4n) is 1.25. The Balaban J connectivity index is 0.000000845. The number of aromatic nitrogens is 3. The number of fused-ring (bicyclic) bond motifs is 1. The summed E-state index contributed by atoms with van der Waals surface area (Å²) in [6, 6.07) is 3.79. The molecule has 13 heavy (non-hydrogen) atoms. The molecule has 3 nitrogen and oxygen atoms in total. The van der Waals surface area contributed by atoms with E-state index in [1.807, 2.05) is 18.3 Å². The van der Waals surface area contributed by atoms with Crippen molar-refractivity contribution < 1.29 is 58.2 Å². The van der Waals surface area contributed by atoms with Gasteiger partial charge in [0.05, 0.1) is 6.20 Å². The van der Waals surface area contributed by atoms with Crippen molar-refractivity contribution in [3.8, 4) is 0 Å². The Morgan fingerprint density at radius 2 is 2.23 bits per heavy atom. The summed E-state index contributed by atoms with van der Waals surface area (Å²) in [4.78, 5) is 0. The molecule has 0 aromatic carbocycles. The van der Waals surface area contributed by atoms with Gasteiger partial charge in [-0.05, 0) is 11.5 Å². The molecule has 0 spiro atoms. The van der Waals surface area contributed by atoms with Gasteiger partial charge in [-0.1, -0.05) is 13.8 Å². The number of hydrogen-bond donors (Lipinski definition) is 0. The Morgan fingerprint density at radius 1 is 1.46 bits per heavy atom. The smallest absolute Gasteiger partial charge is 0.267 e. The average molecular weight is 246 g/mol. The van der Waals surface area contributed by atoms with Crippen LogP contribution in [-0.4, -0.2) is 14.8 Å². The van der Waals surface area contributed by atoms with Crippen molar-refractivity contribution in [1.29, 1.82) is 0 Å². The zero-order chi connectivity index (χ0) is 8.55. The van der Waals surface area contributed by atoms with Crippen LogP contribution in [0.2, 0.25) is 0 Å². The molecule has 0 fully saturated rings. The second-order valence-electron chi connectivity index (χ2n) is 3.09. The first-order chi connectivity index (χ1) is 5.79. The van der Waals surface area contributed by atoms with Crippen molar-refractivity contribution in [3.05, 3.63) is 30.1 Å². The third kappa shape index (κ3) is 2.26. The molecule has 4 heteroatoms. The quantitative estimate of drug-likeness (QED) is 0.582. The summed E-state index contributed by atoms with van der Waals surface area (Å²) in [6.45, 7) is 4.29. The first kappa shape index (κ1) is 11.5. The second-order valence-corrected chi connectivity index (χ2v) is 3.09. The van der Waals surface area contributed by atoms with Gasteiger partial charge >= 0.3 is 58.2 Å². The maximum atomic E-state index is 4.11. The van der Waals surface area contributed by atoms with E-state index in [-0.39, 0.29) is 58.2 Å². The van der Waals surface area contributed by atoms with Gasteiger partial charge in [-0.2, -0.15) is 15.8 Å². The van der Waals surface area contributed by atoms with Crippen molar-refractivity contribution in [2.45, 2.75) is 19.8 Å². The summed E-state index contributed by atoms with van der Waals surface area (Å²) in [6.07, 6.45) is 4.60. The van der Waals surface area contributed by atoms with Crippen LogP contribution < -0.4 is 58.2 Å². The Bertz CT molecular complexity index is 394. The van der Waals surface area contributed by atoms with E-state index in [1.54, 1.807) is 4.63 Å². The molecule has 2 aromatic rings. The van der Waals surface area contributed by atoms with E-state index in [4.69, 9.17) is 0 Å². The zero-order valence-electron chi connectivity index (χ0n) is 8.15. The minimum Gasteiger partial charge on any atom is -0.267 e. The maximum absolute atomic E-state index is 4.11. The standard InChI is InChI=1S/C9H10N3.Rb/c1-7(2)8-6-11-12-9(8)4-3-5-10-12;/h3-4,6-7H,1-2H3;/q-1;+1. The molecule has 0 amide bonds. The van der Waals surface area contributed by atoms with Crippen molar-refractivity contribution in [1.82, 2.24) is 14.8 Å². The van der Waals surface area contributed by atoms with E-state index in [0.29, 0.717) is 5.92 Å². The monoisotopic (exact) mass is 245 g/mol. The normalized spacial score (nSPS) is 10.4. The number of nitrogens with zero attached hydrogens (tertiary/aromatic N) is 3. The largest absolute Gasteiger partial charge is 1.00 e. The predicted octanol–water partition coefficient (Wildman–Crippen LogP) is -1.34. The van der Waals surface area contributed by atoms with Crippen LogP contribution in [0.3, 0.4) is 0 Å². The van der Waals surface area contributed by atoms with E-state index in [1.165, 1.54) is 5.56 Å². The molecule has 0 aliphatic rings. The van der Waals surface area contributed by atoms with Gasteiger partial charge in [0.15, 0.2) is 0 Å². The summed E-state index contributed by atoms with van der Waals surface area (Å²) in [5.41, 5.74) is 2.31. The molecule has 2 aromatic heterocycles. The topological polar surface area (TPSA) is 30.2 Å². The second kappa shape index (κ2) is 4.78. The molecule has 0 N–H and O–H groups in total. The van der Waals surface area contributed by atoms with Crippen LogP contribution in [0.1, 0.15) is 25.3 Å². The predicted molar refractivity (Wildman–Crippen MR) is 45.9 cm³/mol. The summed E-state index contributed by atoms with van der Waals surface area (Å²) >= 11 is 0. The molecule has 0 saturated carbocycles. The molecule has 0 bridgehead atoms. The number of rotatable bonds is 1. The van der Waals surface area contributed by atoms with Gasteiger partial charge in [0.25, 0.3) is 0 Å². The molecule has 0 aliphatic carbocycles. The average Bonchev–Trinajstić information content (AvgIpc) is 2.47. The van der Waals surface area contributed by atoms with E-state index in [2.05, 4.69) is 30.2 Å². The van der Waals surface area contributed by atoms with E-state index >= 15 is 0 Å². The molecule has 0 atom stereocenters. The van der Waals surface area contributed by atoms with Crippen LogP contribution >= 0.6 is 0 Å². The number of hydrogen-bond acceptors (Lipinski definition) is 2. The molecule has 0 aliphatic heterocycles. The van der Waals surface area contributed by atoms with Crippen LogP contribution in [0.15, 0.2) is 18.3 Å². The molecular weight excluding hydrogens is 236 g/mol. The fourth-order valence-corrected chi connectivity index (χ4v) is 1.25. The maximum Gasteiger partial charge on any atom is 1.00 e. The van der Waals surface area contributed by atoms with Gasteiger partial charge in [0.2, 0.25) is 0 Å². The van der Waals surface area contributed by atoms with Gasteiger partial charge in [-0.3, -0.25) is 5.10 Å². The Hall–Kier alpha value is 0.425. The van der Waals surface area contributed by atoms with Crippen molar-refractivity contribution >= 4 is 5.52 Å². The molecule has 2 heterocycles. The van der Waals surface area contributed by atoms with Crippen molar-refractivity contribution in [2.24, 2.45) is 0 Å². The Labute approximate surface area is 126 Å². The van der Waals surface area contributed by atoms with E-state index in [9.17, 15) is 0 Å². The van der Waals surface area contributed by atoms with Gasteiger partial charge in [-0.25, -0.2) is 6.07 Å². The summed E-state index contributed by atoms with van der Waals surface area (Å²) in [5, 5.41) is 8.08. The molecule has 62 valence electrons. The molecule has 0 saturated heterocycles. The van der Waals surface area contributed by atoms with Crippen LogP contribution in [0.5, 0.6) is 0 Å². The fraction of sp³-hybridized carbons (Fsp3) is 0.333. The van der Waals surface area contributed by atoms with Gasteiger partial charge < -0.3 is 0 Å². The Kier molecular flexibility index (Phi) is 4.23. The van der Waals surface area contributed by atoms with Gasteiger partial charge in [0, 0.05) is 5.52 Å². The SMILES string of the molecule is CC(C)c1cnn2n[c-]ccc12.[Rb+]. The van der Waals surface area contributed by atoms with Crippen molar-refractivity contribution in [3.63, 3.8) is 0 Å². The molecule has 0 unspecified atom stereocenters. The third-order valence-corrected chi connectivity index (χ3v) is 1.91. The van der Waals surface area contributed by atoms with Gasteiger partial charge in [0.1, 0.15) is 0 Å². The third-order valence-electron chi connectivity index (χ3n) is 1.91. The van der Waals surface area contributed by atoms with Crippen LogP contribution in [0.25, 0.3) is 5.52 Å². The first-order valence-electron chi connectivity index (χ1n) is 4.00. The summed E-state index contributed by atoms with van der Waals surface area (Å²) in [7, 11) is 0. The molecule has 2 rings (SSSR count). The summed E-state index contributed by atoms with van der Waals surface area (Å²) in [5.74, 6) is 0.492. The minimum absolute atomic E-state index is 0.